The van der Waals surface area contributed by atoms with Gasteiger partial charge in [-0.15, -0.1) is 0 Å². The first-order chi connectivity index (χ1) is 8.77. The topological polar surface area (TPSA) is 67.6 Å². The quantitative estimate of drug-likeness (QED) is 0.823. The van der Waals surface area contributed by atoms with Gasteiger partial charge < -0.3 is 5.73 Å². The third-order valence-electron chi connectivity index (χ3n) is 2.59. The van der Waals surface area contributed by atoms with Crippen LogP contribution in [0.15, 0.2) is 18.2 Å². The average molecular weight is 270 g/mol. The summed E-state index contributed by atoms with van der Waals surface area (Å²) in [6.45, 7) is 3.82. The molecular formula is C12H13F3N4. The number of benzene rings is 1. The number of aromatic amines is 1. The summed E-state index contributed by atoms with van der Waals surface area (Å²) in [6.07, 6.45) is -4.44. The lowest BCUT2D eigenvalue weighted by molar-refractivity contribution is -0.137. The van der Waals surface area contributed by atoms with Crippen LogP contribution in [0.1, 0.15) is 31.2 Å². The summed E-state index contributed by atoms with van der Waals surface area (Å²) in [4.78, 5) is 4.15. The molecule has 1 aromatic heterocycles. The fraction of sp³-hybridized carbons (Fsp3) is 0.333. The Morgan fingerprint density at radius 1 is 1.21 bits per heavy atom. The number of nitrogens with zero attached hydrogens (tertiary/aromatic N) is 2. The molecule has 0 amide bonds. The summed E-state index contributed by atoms with van der Waals surface area (Å²) in [5.74, 6) is 0.942. The molecule has 102 valence electrons. The fourth-order valence-electron chi connectivity index (χ4n) is 1.61. The molecule has 1 heterocycles. The molecule has 0 fully saturated rings. The van der Waals surface area contributed by atoms with Gasteiger partial charge in [-0.2, -0.15) is 18.3 Å². The van der Waals surface area contributed by atoms with E-state index in [-0.39, 0.29) is 23.0 Å². The lowest BCUT2D eigenvalue weighted by atomic mass is 10.1. The molecule has 0 bridgehead atoms. The highest BCUT2D eigenvalue weighted by atomic mass is 19.4. The number of alkyl halides is 3. The van der Waals surface area contributed by atoms with Crippen molar-refractivity contribution >= 4 is 5.69 Å². The van der Waals surface area contributed by atoms with Crippen molar-refractivity contribution in [3.63, 3.8) is 0 Å². The van der Waals surface area contributed by atoms with Gasteiger partial charge >= 0.3 is 6.18 Å². The van der Waals surface area contributed by atoms with E-state index >= 15 is 0 Å². The number of nitrogen functional groups attached to an aromatic ring is 1. The summed E-state index contributed by atoms with van der Waals surface area (Å²) >= 11 is 0. The molecule has 0 saturated carbocycles. The molecule has 0 aliphatic rings. The van der Waals surface area contributed by atoms with Gasteiger partial charge in [-0.1, -0.05) is 13.8 Å². The summed E-state index contributed by atoms with van der Waals surface area (Å²) in [6, 6.07) is 3.30. The molecule has 0 radical (unpaired) electrons. The van der Waals surface area contributed by atoms with Crippen LogP contribution in [0.4, 0.5) is 18.9 Å². The van der Waals surface area contributed by atoms with Crippen LogP contribution in [-0.4, -0.2) is 15.2 Å². The van der Waals surface area contributed by atoms with Gasteiger partial charge in [0.15, 0.2) is 5.82 Å². The van der Waals surface area contributed by atoms with Crippen LogP contribution in [0, 0.1) is 0 Å². The highest BCUT2D eigenvalue weighted by Crippen LogP contribution is 2.33. The Balaban J connectivity index is 2.47. The lowest BCUT2D eigenvalue weighted by Crippen LogP contribution is -2.06. The summed E-state index contributed by atoms with van der Waals surface area (Å²) in [7, 11) is 0. The van der Waals surface area contributed by atoms with Gasteiger partial charge in [-0.25, -0.2) is 4.98 Å². The van der Waals surface area contributed by atoms with Crippen LogP contribution in [0.25, 0.3) is 11.4 Å². The molecule has 0 unspecified atom stereocenters. The maximum absolute atomic E-state index is 12.7. The number of aromatic nitrogens is 3. The molecular weight excluding hydrogens is 257 g/mol. The van der Waals surface area contributed by atoms with E-state index in [2.05, 4.69) is 15.2 Å². The predicted molar refractivity (Wildman–Crippen MR) is 65.3 cm³/mol. The van der Waals surface area contributed by atoms with Crippen molar-refractivity contribution in [2.24, 2.45) is 0 Å². The Labute approximate surface area is 107 Å². The number of hydrogen-bond donors (Lipinski definition) is 2. The number of nitrogens with one attached hydrogen (secondary N) is 1. The zero-order valence-corrected chi connectivity index (χ0v) is 10.4. The average Bonchev–Trinajstić information content (AvgIpc) is 2.76. The van der Waals surface area contributed by atoms with E-state index in [4.69, 9.17) is 5.73 Å². The van der Waals surface area contributed by atoms with Gasteiger partial charge in [0.2, 0.25) is 0 Å². The Morgan fingerprint density at radius 3 is 2.42 bits per heavy atom. The summed E-state index contributed by atoms with van der Waals surface area (Å²) in [5.41, 5.74) is 4.96. The summed E-state index contributed by atoms with van der Waals surface area (Å²) < 4.78 is 38.1. The molecule has 1 aromatic carbocycles. The van der Waals surface area contributed by atoms with Crippen molar-refractivity contribution < 1.29 is 13.2 Å². The minimum atomic E-state index is -4.44. The monoisotopic (exact) mass is 270 g/mol. The van der Waals surface area contributed by atoms with Crippen molar-refractivity contribution in [3.8, 4) is 11.4 Å². The molecule has 0 aliphatic heterocycles. The Bertz CT molecular complexity index is 587. The van der Waals surface area contributed by atoms with Crippen LogP contribution in [0.3, 0.4) is 0 Å². The molecule has 2 aromatic rings. The maximum atomic E-state index is 12.7. The van der Waals surface area contributed by atoms with Gasteiger partial charge in [0.25, 0.3) is 0 Å². The predicted octanol–water partition coefficient (Wildman–Crippen LogP) is 3.20. The van der Waals surface area contributed by atoms with Crippen molar-refractivity contribution in [2.45, 2.75) is 25.9 Å². The number of rotatable bonds is 2. The third-order valence-corrected chi connectivity index (χ3v) is 2.59. The molecule has 4 nitrogen and oxygen atoms in total. The normalized spacial score (nSPS) is 12.1. The standard InChI is InChI=1S/C12H13F3N4/c1-6(2)10-17-11(19-18-10)7-3-8(12(13,14)15)5-9(16)4-7/h3-6H,16H2,1-2H3,(H,17,18,19). The molecule has 2 rings (SSSR count). The van der Waals surface area contributed by atoms with E-state index < -0.39 is 11.7 Å². The van der Waals surface area contributed by atoms with Gasteiger partial charge in [0.1, 0.15) is 5.82 Å². The van der Waals surface area contributed by atoms with Gasteiger partial charge in [-0.3, -0.25) is 5.10 Å². The van der Waals surface area contributed by atoms with Crippen LogP contribution in [-0.2, 0) is 6.18 Å². The largest absolute Gasteiger partial charge is 0.416 e. The van der Waals surface area contributed by atoms with Crippen LogP contribution >= 0.6 is 0 Å². The molecule has 0 saturated heterocycles. The lowest BCUT2D eigenvalue weighted by Gasteiger charge is -2.08. The van der Waals surface area contributed by atoms with E-state index in [0.717, 1.165) is 12.1 Å². The molecule has 7 heteroatoms. The van der Waals surface area contributed by atoms with E-state index in [9.17, 15) is 13.2 Å². The third kappa shape index (κ3) is 2.86. The van der Waals surface area contributed by atoms with Crippen LogP contribution < -0.4 is 5.73 Å². The smallest absolute Gasteiger partial charge is 0.399 e. The summed E-state index contributed by atoms with van der Waals surface area (Å²) in [5, 5.41) is 6.61. The maximum Gasteiger partial charge on any atom is 0.416 e. The second-order valence-electron chi connectivity index (χ2n) is 4.54. The van der Waals surface area contributed by atoms with E-state index in [0.29, 0.717) is 5.82 Å². The first kappa shape index (κ1) is 13.4. The SMILES string of the molecule is CC(C)c1nc(-c2cc(N)cc(C(F)(F)F)c2)n[nH]1. The molecule has 3 N–H and O–H groups in total. The zero-order valence-electron chi connectivity index (χ0n) is 10.4. The van der Waals surface area contributed by atoms with Crippen LogP contribution in [0.5, 0.6) is 0 Å². The van der Waals surface area contributed by atoms with Crippen molar-refractivity contribution in [3.05, 3.63) is 29.6 Å². The number of H-pyrrole nitrogens is 1. The van der Waals surface area contributed by atoms with Gasteiger partial charge in [0, 0.05) is 17.2 Å². The van der Waals surface area contributed by atoms with E-state index in [1.54, 1.807) is 0 Å². The van der Waals surface area contributed by atoms with Crippen molar-refractivity contribution in [1.82, 2.24) is 15.2 Å². The van der Waals surface area contributed by atoms with Crippen molar-refractivity contribution in [2.75, 3.05) is 5.73 Å². The minimum absolute atomic E-state index is 0.0284. The Hall–Kier alpha value is -2.05. The van der Waals surface area contributed by atoms with E-state index in [1.807, 2.05) is 13.8 Å². The number of nitrogens with two attached hydrogens (primary N) is 1. The Morgan fingerprint density at radius 2 is 1.89 bits per heavy atom. The Kier molecular flexibility index (Phi) is 3.21. The van der Waals surface area contributed by atoms with Gasteiger partial charge in [0.05, 0.1) is 5.56 Å². The van der Waals surface area contributed by atoms with Crippen molar-refractivity contribution in [1.29, 1.82) is 0 Å². The molecule has 19 heavy (non-hydrogen) atoms. The number of anilines is 1. The number of hydrogen-bond acceptors (Lipinski definition) is 3. The highest BCUT2D eigenvalue weighted by molar-refractivity contribution is 5.63. The first-order valence-electron chi connectivity index (χ1n) is 5.68. The van der Waals surface area contributed by atoms with E-state index in [1.165, 1.54) is 6.07 Å². The molecule has 0 atom stereocenters. The van der Waals surface area contributed by atoms with Crippen LogP contribution in [0.2, 0.25) is 0 Å². The molecule has 0 aliphatic carbocycles. The molecule has 0 spiro atoms. The van der Waals surface area contributed by atoms with Gasteiger partial charge in [-0.05, 0) is 18.2 Å². The number of halogens is 3. The zero-order chi connectivity index (χ0) is 14.2. The second kappa shape index (κ2) is 4.56. The second-order valence-corrected chi connectivity index (χ2v) is 4.54. The highest BCUT2D eigenvalue weighted by Gasteiger charge is 2.31. The first-order valence-corrected chi connectivity index (χ1v) is 5.68. The minimum Gasteiger partial charge on any atom is -0.399 e. The fourth-order valence-corrected chi connectivity index (χ4v) is 1.61.